The van der Waals surface area contributed by atoms with Crippen LogP contribution in [0.3, 0.4) is 0 Å². The van der Waals surface area contributed by atoms with Gasteiger partial charge in [-0.3, -0.25) is 10.3 Å². The van der Waals surface area contributed by atoms with Crippen LogP contribution in [0.25, 0.3) is 0 Å². The van der Waals surface area contributed by atoms with E-state index in [4.69, 9.17) is 22.9 Å². The number of nitriles is 1. The maximum atomic E-state index is 13.1. The highest BCUT2D eigenvalue weighted by atomic mass is 32.1. The number of nitrogens with zero attached hydrogens (tertiary/aromatic N) is 3. The maximum absolute atomic E-state index is 13.1. The number of alkyl halides is 3. The number of halogens is 3. The summed E-state index contributed by atoms with van der Waals surface area (Å²) in [4.78, 5) is 2.48. The molecule has 23 heavy (non-hydrogen) atoms. The van der Waals surface area contributed by atoms with Crippen molar-refractivity contribution < 1.29 is 18.3 Å². The Morgan fingerprint density at radius 1 is 1.39 bits per heavy atom. The first-order chi connectivity index (χ1) is 10.6. The monoisotopic (exact) mass is 342 g/mol. The van der Waals surface area contributed by atoms with Crippen molar-refractivity contribution in [3.63, 3.8) is 0 Å². The van der Waals surface area contributed by atoms with E-state index in [0.29, 0.717) is 0 Å². The summed E-state index contributed by atoms with van der Waals surface area (Å²) in [6, 6.07) is 4.63. The fraction of sp³-hybridized carbons (Fsp3) is 0.357. The molecule has 0 bridgehead atoms. The molecular formula is C14H13F3N4OS. The fourth-order valence-corrected chi connectivity index (χ4v) is 2.82. The van der Waals surface area contributed by atoms with E-state index in [1.165, 1.54) is 17.0 Å². The van der Waals surface area contributed by atoms with Crippen molar-refractivity contribution in [3.8, 4) is 6.07 Å². The van der Waals surface area contributed by atoms with E-state index in [1.54, 1.807) is 13.8 Å². The molecule has 122 valence electrons. The van der Waals surface area contributed by atoms with Gasteiger partial charge in [0.05, 0.1) is 28.4 Å². The molecule has 0 saturated carbocycles. The third kappa shape index (κ3) is 2.64. The average molecular weight is 342 g/mol. The van der Waals surface area contributed by atoms with Crippen molar-refractivity contribution in [1.82, 2.24) is 4.90 Å². The molecule has 9 heteroatoms. The molecule has 0 aromatic heterocycles. The second kappa shape index (κ2) is 5.47. The molecular weight excluding hydrogens is 329 g/mol. The second-order valence-corrected chi connectivity index (χ2v) is 5.80. The largest absolute Gasteiger partial charge is 0.417 e. The number of benzene rings is 1. The van der Waals surface area contributed by atoms with E-state index in [9.17, 15) is 18.3 Å². The summed E-state index contributed by atoms with van der Waals surface area (Å²) >= 11 is 5.17. The Hall–Kier alpha value is -2.18. The van der Waals surface area contributed by atoms with Crippen LogP contribution in [-0.2, 0) is 6.18 Å². The molecule has 1 aliphatic heterocycles. The SMILES string of the molecule is CC1(C)C(=N)N(c2ccc(C#N)c(C(F)(F)F)c2)C(=S)N1CO. The van der Waals surface area contributed by atoms with Gasteiger partial charge in [0.2, 0.25) is 0 Å². The molecule has 1 saturated heterocycles. The van der Waals surface area contributed by atoms with Crippen molar-refractivity contribution in [3.05, 3.63) is 29.3 Å². The minimum absolute atomic E-state index is 0.0235. The summed E-state index contributed by atoms with van der Waals surface area (Å²) in [6.45, 7) is 2.80. The van der Waals surface area contributed by atoms with Crippen molar-refractivity contribution >= 4 is 28.9 Å². The van der Waals surface area contributed by atoms with Gasteiger partial charge < -0.3 is 10.0 Å². The predicted molar refractivity (Wildman–Crippen MR) is 82.0 cm³/mol. The van der Waals surface area contributed by atoms with Gasteiger partial charge in [-0.05, 0) is 44.3 Å². The van der Waals surface area contributed by atoms with Gasteiger partial charge in [0.15, 0.2) is 5.11 Å². The number of aliphatic hydroxyl groups is 1. The lowest BCUT2D eigenvalue weighted by molar-refractivity contribution is -0.137. The van der Waals surface area contributed by atoms with Crippen molar-refractivity contribution in [2.45, 2.75) is 25.6 Å². The molecule has 0 spiro atoms. The Kier molecular flexibility index (Phi) is 4.09. The normalized spacial score (nSPS) is 17.6. The van der Waals surface area contributed by atoms with E-state index < -0.39 is 29.6 Å². The number of anilines is 1. The quantitative estimate of drug-likeness (QED) is 0.809. The van der Waals surface area contributed by atoms with E-state index in [1.807, 2.05) is 0 Å². The molecule has 1 aromatic rings. The minimum atomic E-state index is -4.70. The number of hydrogen-bond donors (Lipinski definition) is 2. The number of nitrogens with one attached hydrogen (secondary N) is 1. The predicted octanol–water partition coefficient (Wildman–Crippen LogP) is 2.69. The third-order valence-electron chi connectivity index (χ3n) is 3.73. The van der Waals surface area contributed by atoms with E-state index >= 15 is 0 Å². The van der Waals surface area contributed by atoms with Crippen LogP contribution in [0.5, 0.6) is 0 Å². The smallest absolute Gasteiger partial charge is 0.376 e. The van der Waals surface area contributed by atoms with Crippen molar-refractivity contribution in [2.75, 3.05) is 11.6 Å². The number of thiocarbonyl (C=S) groups is 1. The van der Waals surface area contributed by atoms with Gasteiger partial charge in [-0.1, -0.05) is 0 Å². The van der Waals surface area contributed by atoms with Crippen LogP contribution in [0.1, 0.15) is 25.0 Å². The standard InChI is InChI=1S/C14H13F3N4OS/c1-13(2)11(19)21(12(23)20(13)7-22)9-4-3-8(6-18)10(5-9)14(15,16)17/h3-5,19,22H,7H2,1-2H3. The van der Waals surface area contributed by atoms with Gasteiger partial charge in [-0.2, -0.15) is 18.4 Å². The van der Waals surface area contributed by atoms with Gasteiger partial charge in [0, 0.05) is 0 Å². The van der Waals surface area contributed by atoms with Crippen LogP contribution >= 0.6 is 12.2 Å². The molecule has 0 radical (unpaired) electrons. The Bertz CT molecular complexity index is 724. The average Bonchev–Trinajstić information content (AvgIpc) is 2.63. The molecule has 0 unspecified atom stereocenters. The zero-order valence-electron chi connectivity index (χ0n) is 12.3. The Labute approximate surface area is 136 Å². The summed E-state index contributed by atoms with van der Waals surface area (Å²) in [6.07, 6.45) is -4.70. The molecule has 0 aliphatic carbocycles. The molecule has 2 rings (SSSR count). The highest BCUT2D eigenvalue weighted by molar-refractivity contribution is 7.80. The Morgan fingerprint density at radius 2 is 2.00 bits per heavy atom. The van der Waals surface area contributed by atoms with E-state index in [2.05, 4.69) is 0 Å². The van der Waals surface area contributed by atoms with Gasteiger partial charge in [-0.15, -0.1) is 0 Å². The lowest BCUT2D eigenvalue weighted by Gasteiger charge is -2.28. The summed E-state index contributed by atoms with van der Waals surface area (Å²) in [5.41, 5.74) is -2.53. The van der Waals surface area contributed by atoms with Crippen LogP contribution in [0.15, 0.2) is 18.2 Å². The van der Waals surface area contributed by atoms with Crippen LogP contribution in [0.2, 0.25) is 0 Å². The second-order valence-electron chi connectivity index (χ2n) is 5.43. The summed E-state index contributed by atoms with van der Waals surface area (Å²) in [7, 11) is 0. The number of hydrogen-bond acceptors (Lipinski definition) is 4. The number of aliphatic hydroxyl groups excluding tert-OH is 1. The summed E-state index contributed by atoms with van der Waals surface area (Å²) in [5, 5.41) is 26.4. The van der Waals surface area contributed by atoms with Gasteiger partial charge in [-0.25, -0.2) is 0 Å². The first-order valence-electron chi connectivity index (χ1n) is 6.48. The summed E-state index contributed by atoms with van der Waals surface area (Å²) in [5.74, 6) is -0.0608. The van der Waals surface area contributed by atoms with Crippen LogP contribution < -0.4 is 4.90 Å². The molecule has 1 aromatic carbocycles. The lowest BCUT2D eigenvalue weighted by Crippen LogP contribution is -2.44. The van der Waals surface area contributed by atoms with Crippen LogP contribution in [0, 0.1) is 16.7 Å². The number of amidine groups is 1. The van der Waals surface area contributed by atoms with E-state index in [-0.39, 0.29) is 16.6 Å². The first-order valence-corrected chi connectivity index (χ1v) is 6.89. The fourth-order valence-electron chi connectivity index (χ4n) is 2.34. The zero-order valence-corrected chi connectivity index (χ0v) is 13.1. The van der Waals surface area contributed by atoms with Gasteiger partial charge >= 0.3 is 6.18 Å². The van der Waals surface area contributed by atoms with Gasteiger partial charge in [0.25, 0.3) is 0 Å². The van der Waals surface area contributed by atoms with Crippen LogP contribution in [0.4, 0.5) is 18.9 Å². The van der Waals surface area contributed by atoms with Crippen molar-refractivity contribution in [1.29, 1.82) is 10.7 Å². The lowest BCUT2D eigenvalue weighted by atomic mass is 10.0. The highest BCUT2D eigenvalue weighted by Gasteiger charge is 2.46. The minimum Gasteiger partial charge on any atom is -0.376 e. The number of rotatable bonds is 2. The zero-order chi connectivity index (χ0) is 17.6. The maximum Gasteiger partial charge on any atom is 0.417 e. The van der Waals surface area contributed by atoms with Gasteiger partial charge in [0.1, 0.15) is 12.6 Å². The first kappa shape index (κ1) is 17.2. The van der Waals surface area contributed by atoms with Crippen molar-refractivity contribution in [2.24, 2.45) is 0 Å². The molecule has 5 nitrogen and oxygen atoms in total. The molecule has 1 aliphatic rings. The molecule has 1 fully saturated rings. The highest BCUT2D eigenvalue weighted by Crippen LogP contribution is 2.37. The third-order valence-corrected chi connectivity index (χ3v) is 4.13. The molecule has 0 atom stereocenters. The van der Waals surface area contributed by atoms with E-state index in [0.717, 1.165) is 17.0 Å². The molecule has 2 N–H and O–H groups in total. The summed E-state index contributed by atoms with van der Waals surface area (Å²) < 4.78 is 39.3. The topological polar surface area (TPSA) is 74.4 Å². The Balaban J connectivity index is 2.58. The molecule has 0 amide bonds. The Morgan fingerprint density at radius 3 is 2.43 bits per heavy atom. The molecule has 1 heterocycles. The van der Waals surface area contributed by atoms with Crippen LogP contribution in [-0.4, -0.2) is 33.2 Å².